The number of H-pyrrole nitrogens is 1. The summed E-state index contributed by atoms with van der Waals surface area (Å²) in [4.78, 5) is 12.6. The van der Waals surface area contributed by atoms with Crippen molar-refractivity contribution in [3.05, 3.63) is 47.0 Å². The van der Waals surface area contributed by atoms with Crippen molar-refractivity contribution in [3.8, 4) is 11.4 Å². The average Bonchev–Trinajstić information content (AvgIpc) is 3.33. The summed E-state index contributed by atoms with van der Waals surface area (Å²) in [5.74, 6) is 1.77. The van der Waals surface area contributed by atoms with Gasteiger partial charge in [0.15, 0.2) is 11.5 Å². The first-order valence-electron chi connectivity index (χ1n) is 9.40. The molecule has 27 heavy (non-hydrogen) atoms. The number of aromatic amines is 1. The van der Waals surface area contributed by atoms with Gasteiger partial charge in [-0.1, -0.05) is 0 Å². The lowest BCUT2D eigenvalue weighted by atomic mass is 10.1. The molecule has 8 heteroatoms. The highest BCUT2D eigenvalue weighted by Gasteiger charge is 2.22. The third-order valence-corrected chi connectivity index (χ3v) is 5.28. The highest BCUT2D eigenvalue weighted by Crippen LogP contribution is 2.24. The Balaban J connectivity index is 1.34. The molecular weight excluding hydrogens is 342 g/mol. The fourth-order valence-electron chi connectivity index (χ4n) is 3.83. The minimum atomic E-state index is -0.191. The van der Waals surface area contributed by atoms with Crippen LogP contribution in [0.2, 0.25) is 0 Å². The number of nitrogens with one attached hydrogen (secondary N) is 3. The van der Waals surface area contributed by atoms with E-state index in [1.54, 1.807) is 0 Å². The molecule has 0 saturated heterocycles. The van der Waals surface area contributed by atoms with Gasteiger partial charge in [-0.3, -0.25) is 9.89 Å². The fourth-order valence-corrected chi connectivity index (χ4v) is 3.83. The van der Waals surface area contributed by atoms with Crippen LogP contribution >= 0.6 is 0 Å². The van der Waals surface area contributed by atoms with E-state index in [4.69, 9.17) is 0 Å². The standard InChI is InChI=1S/C19H21N7O/c27-19(17-14-11-20-9-8-15(14)22-24-17)21-13-6-4-12(5-7-13)18-25-23-16-3-1-2-10-26(16)18/h4-7,20H,1-3,8-11H2,(H,21,27)(H,22,24). The van der Waals surface area contributed by atoms with Gasteiger partial charge in [0.05, 0.1) is 0 Å². The molecule has 2 aromatic heterocycles. The summed E-state index contributed by atoms with van der Waals surface area (Å²) in [6.07, 6.45) is 4.20. The van der Waals surface area contributed by atoms with Crippen LogP contribution in [-0.4, -0.2) is 37.4 Å². The van der Waals surface area contributed by atoms with Crippen LogP contribution in [0.15, 0.2) is 24.3 Å². The Bertz CT molecular complexity index is 986. The highest BCUT2D eigenvalue weighted by atomic mass is 16.1. The van der Waals surface area contributed by atoms with Gasteiger partial charge >= 0.3 is 0 Å². The maximum absolute atomic E-state index is 12.6. The van der Waals surface area contributed by atoms with Crippen molar-refractivity contribution in [2.45, 2.75) is 38.8 Å². The quantitative estimate of drug-likeness (QED) is 0.660. The molecule has 3 aromatic rings. The van der Waals surface area contributed by atoms with Crippen molar-refractivity contribution in [2.24, 2.45) is 0 Å². The number of anilines is 1. The highest BCUT2D eigenvalue weighted by molar-refractivity contribution is 6.04. The fraction of sp³-hybridized carbons (Fsp3) is 0.368. The van der Waals surface area contributed by atoms with E-state index in [0.29, 0.717) is 12.2 Å². The second kappa shape index (κ2) is 6.62. The van der Waals surface area contributed by atoms with Gasteiger partial charge in [0.2, 0.25) is 0 Å². The minimum Gasteiger partial charge on any atom is -0.321 e. The monoisotopic (exact) mass is 363 g/mol. The molecule has 0 saturated carbocycles. The zero-order valence-corrected chi connectivity index (χ0v) is 15.0. The number of hydrogen-bond acceptors (Lipinski definition) is 5. The number of rotatable bonds is 3. The zero-order valence-electron chi connectivity index (χ0n) is 15.0. The number of fused-ring (bicyclic) bond motifs is 2. The molecule has 0 radical (unpaired) electrons. The number of aromatic nitrogens is 5. The summed E-state index contributed by atoms with van der Waals surface area (Å²) in [5, 5.41) is 22.1. The number of carbonyl (C=O) groups is 1. The second-order valence-electron chi connectivity index (χ2n) is 7.04. The van der Waals surface area contributed by atoms with Crippen LogP contribution in [0.25, 0.3) is 11.4 Å². The number of benzene rings is 1. The van der Waals surface area contributed by atoms with Crippen LogP contribution in [0.3, 0.4) is 0 Å². The Hall–Kier alpha value is -3.00. The molecule has 0 spiro atoms. The van der Waals surface area contributed by atoms with Crippen LogP contribution < -0.4 is 10.6 Å². The maximum Gasteiger partial charge on any atom is 0.276 e. The number of nitrogens with zero attached hydrogens (tertiary/aromatic N) is 4. The number of hydrogen-bond donors (Lipinski definition) is 3. The van der Waals surface area contributed by atoms with E-state index in [2.05, 4.69) is 35.6 Å². The molecule has 3 N–H and O–H groups in total. The first-order chi connectivity index (χ1) is 13.3. The molecule has 0 aliphatic carbocycles. The molecule has 0 atom stereocenters. The smallest absolute Gasteiger partial charge is 0.276 e. The van der Waals surface area contributed by atoms with Crippen LogP contribution in [0, 0.1) is 0 Å². The summed E-state index contributed by atoms with van der Waals surface area (Å²) in [6, 6.07) is 7.75. The Kier molecular flexibility index (Phi) is 3.97. The summed E-state index contributed by atoms with van der Waals surface area (Å²) in [5.41, 5.74) is 4.22. The first-order valence-corrected chi connectivity index (χ1v) is 9.40. The number of aryl methyl sites for hydroxylation is 1. The molecule has 138 valence electrons. The summed E-state index contributed by atoms with van der Waals surface area (Å²) < 4.78 is 2.19. The molecule has 8 nitrogen and oxygen atoms in total. The van der Waals surface area contributed by atoms with Gasteiger partial charge in [-0.25, -0.2) is 0 Å². The molecule has 4 heterocycles. The Morgan fingerprint density at radius 1 is 1.11 bits per heavy atom. The van der Waals surface area contributed by atoms with Crippen molar-refractivity contribution < 1.29 is 4.79 Å². The van der Waals surface area contributed by atoms with Gasteiger partial charge in [0.25, 0.3) is 5.91 Å². The Labute approximate surface area is 156 Å². The number of carbonyl (C=O) groups excluding carboxylic acids is 1. The average molecular weight is 363 g/mol. The predicted molar refractivity (Wildman–Crippen MR) is 100 cm³/mol. The Morgan fingerprint density at radius 3 is 2.89 bits per heavy atom. The van der Waals surface area contributed by atoms with Crippen LogP contribution in [0.4, 0.5) is 5.69 Å². The van der Waals surface area contributed by atoms with E-state index in [0.717, 1.165) is 66.5 Å². The van der Waals surface area contributed by atoms with Gasteiger partial charge in [-0.2, -0.15) is 5.10 Å². The molecule has 0 bridgehead atoms. The van der Waals surface area contributed by atoms with E-state index < -0.39 is 0 Å². The molecule has 0 fully saturated rings. The lowest BCUT2D eigenvalue weighted by Crippen LogP contribution is -2.25. The SMILES string of the molecule is O=C(Nc1ccc(-c2nnc3n2CCCC3)cc1)c1n[nH]c2c1CNCC2. The third-order valence-electron chi connectivity index (χ3n) is 5.28. The largest absolute Gasteiger partial charge is 0.321 e. The van der Waals surface area contributed by atoms with Gasteiger partial charge in [0, 0.05) is 55.0 Å². The van der Waals surface area contributed by atoms with Gasteiger partial charge in [-0.15, -0.1) is 10.2 Å². The summed E-state index contributed by atoms with van der Waals surface area (Å²) in [7, 11) is 0. The minimum absolute atomic E-state index is 0.191. The molecule has 2 aliphatic rings. The zero-order chi connectivity index (χ0) is 18.2. The van der Waals surface area contributed by atoms with Crippen molar-refractivity contribution in [1.29, 1.82) is 0 Å². The van der Waals surface area contributed by atoms with Gasteiger partial charge in [0.1, 0.15) is 5.82 Å². The maximum atomic E-state index is 12.6. The van der Waals surface area contributed by atoms with Crippen LogP contribution in [0.5, 0.6) is 0 Å². The van der Waals surface area contributed by atoms with Crippen molar-refractivity contribution in [1.82, 2.24) is 30.3 Å². The lowest BCUT2D eigenvalue weighted by Gasteiger charge is -2.15. The topological polar surface area (TPSA) is 101 Å². The lowest BCUT2D eigenvalue weighted by molar-refractivity contribution is 0.102. The predicted octanol–water partition coefficient (Wildman–Crippen LogP) is 1.90. The second-order valence-corrected chi connectivity index (χ2v) is 7.04. The summed E-state index contributed by atoms with van der Waals surface area (Å²) in [6.45, 7) is 2.55. The molecule has 5 rings (SSSR count). The molecule has 0 unspecified atom stereocenters. The van der Waals surface area contributed by atoms with Crippen molar-refractivity contribution in [2.75, 3.05) is 11.9 Å². The van der Waals surface area contributed by atoms with E-state index in [9.17, 15) is 4.79 Å². The van der Waals surface area contributed by atoms with Crippen LogP contribution in [0.1, 0.15) is 40.4 Å². The summed E-state index contributed by atoms with van der Waals surface area (Å²) >= 11 is 0. The van der Waals surface area contributed by atoms with Gasteiger partial charge < -0.3 is 15.2 Å². The first kappa shape index (κ1) is 16.2. The number of amides is 1. The van der Waals surface area contributed by atoms with Gasteiger partial charge in [-0.05, 0) is 37.1 Å². The molecule has 2 aliphatic heterocycles. The molecule has 1 aromatic carbocycles. The Morgan fingerprint density at radius 2 is 2.00 bits per heavy atom. The van der Waals surface area contributed by atoms with E-state index in [-0.39, 0.29) is 5.91 Å². The molecular formula is C19H21N7O. The van der Waals surface area contributed by atoms with Crippen molar-refractivity contribution in [3.63, 3.8) is 0 Å². The van der Waals surface area contributed by atoms with Crippen molar-refractivity contribution >= 4 is 11.6 Å². The van der Waals surface area contributed by atoms with E-state index in [1.165, 1.54) is 6.42 Å². The van der Waals surface area contributed by atoms with E-state index >= 15 is 0 Å². The molecule has 1 amide bonds. The third kappa shape index (κ3) is 2.91. The van der Waals surface area contributed by atoms with E-state index in [1.807, 2.05) is 24.3 Å². The normalized spacial score (nSPS) is 15.9. The van der Waals surface area contributed by atoms with Crippen LogP contribution in [-0.2, 0) is 25.9 Å².